The number of fused-ring (bicyclic) bond motifs is 1. The average molecular weight is 366 g/mol. The lowest BCUT2D eigenvalue weighted by Gasteiger charge is -2.13. The Morgan fingerprint density at radius 1 is 1.41 bits per heavy atom. The Morgan fingerprint density at radius 2 is 2.05 bits per heavy atom. The highest BCUT2D eigenvalue weighted by Gasteiger charge is 2.24. The number of benzene rings is 1. The highest BCUT2D eigenvalue weighted by atomic mass is 35.5. The smallest absolute Gasteiger partial charge is 0.308 e. The van der Waals surface area contributed by atoms with Gasteiger partial charge in [0, 0.05) is 11.9 Å². The minimum Gasteiger partial charge on any atom is -0.308 e. The van der Waals surface area contributed by atoms with Crippen molar-refractivity contribution in [3.05, 3.63) is 39.6 Å². The summed E-state index contributed by atoms with van der Waals surface area (Å²) in [5.74, 6) is 0. The fraction of sp³-hybridized carbons (Fsp3) is 0.182. The Morgan fingerprint density at radius 3 is 2.59 bits per heavy atom. The molecule has 8 nitrogen and oxygen atoms in total. The molecule has 0 unspecified atom stereocenters. The van der Waals surface area contributed by atoms with Crippen molar-refractivity contribution in [1.29, 1.82) is 0 Å². The lowest BCUT2D eigenvalue weighted by Crippen LogP contribution is -2.24. The maximum absolute atomic E-state index is 12.0. The Hall–Kier alpha value is -1.22. The zero-order chi connectivity index (χ0) is 16.7. The average Bonchev–Trinajstić information content (AvgIpc) is 2.35. The largest absolute Gasteiger partial charge is 0.437 e. The third-order valence-corrected chi connectivity index (χ3v) is 5.67. The number of pyridine rings is 1. The molecule has 2 aromatic rings. The van der Waals surface area contributed by atoms with Gasteiger partial charge in [0.15, 0.2) is 0 Å². The zero-order valence-corrected chi connectivity index (χ0v) is 13.6. The van der Waals surface area contributed by atoms with Crippen molar-refractivity contribution in [3.63, 3.8) is 0 Å². The summed E-state index contributed by atoms with van der Waals surface area (Å²) in [6.45, 7) is 1.73. The van der Waals surface area contributed by atoms with E-state index < -0.39 is 23.3 Å². The van der Waals surface area contributed by atoms with Gasteiger partial charge in [-0.2, -0.15) is 0 Å². The topological polar surface area (TPSA) is 126 Å². The summed E-state index contributed by atoms with van der Waals surface area (Å²) < 4.78 is 37.9. The number of nitrogens with zero attached hydrogens (tertiary/aromatic N) is 1. The first-order chi connectivity index (χ1) is 10.1. The molecule has 0 spiro atoms. The van der Waals surface area contributed by atoms with Gasteiger partial charge in [-0.15, -0.1) is 0 Å². The number of sulfonamides is 1. The number of aromatic nitrogens is 1. The van der Waals surface area contributed by atoms with Crippen molar-refractivity contribution in [2.45, 2.75) is 11.8 Å². The zero-order valence-electron chi connectivity index (χ0n) is 11.1. The third kappa shape index (κ3) is 3.10. The van der Waals surface area contributed by atoms with E-state index in [9.17, 15) is 27.6 Å². The first-order valence-corrected chi connectivity index (χ1v) is 9.33. The van der Waals surface area contributed by atoms with Gasteiger partial charge in [0.05, 0.1) is 16.6 Å². The molecular weight excluding hydrogens is 355 g/mol. The van der Waals surface area contributed by atoms with Crippen LogP contribution in [0.4, 0.5) is 0 Å². The lowest BCUT2D eigenvalue weighted by molar-refractivity contribution is 0.361. The number of hydrogen-bond donors (Lipinski definition) is 3. The number of rotatable bonds is 4. The second-order valence-electron chi connectivity index (χ2n) is 4.26. The van der Waals surface area contributed by atoms with Crippen LogP contribution in [0.3, 0.4) is 0 Å². The molecule has 0 aliphatic heterocycles. The third-order valence-electron chi connectivity index (χ3n) is 2.74. The highest BCUT2D eigenvalue weighted by molar-refractivity contribution is 7.89. The van der Waals surface area contributed by atoms with Crippen LogP contribution in [-0.4, -0.2) is 29.1 Å². The molecule has 22 heavy (non-hydrogen) atoms. The van der Waals surface area contributed by atoms with Gasteiger partial charge in [-0.25, -0.2) is 22.0 Å². The Kier molecular flexibility index (Phi) is 4.49. The molecule has 0 fully saturated rings. The first-order valence-electron chi connectivity index (χ1n) is 5.91. The number of nitrogens with one attached hydrogen (secondary N) is 1. The van der Waals surface area contributed by atoms with Crippen molar-refractivity contribution < 1.29 is 22.8 Å². The fourth-order valence-corrected chi connectivity index (χ4v) is 4.24. The molecule has 2 rings (SSSR count). The molecule has 0 saturated heterocycles. The van der Waals surface area contributed by atoms with E-state index in [2.05, 4.69) is 10.8 Å². The predicted molar refractivity (Wildman–Crippen MR) is 80.4 cm³/mol. The summed E-state index contributed by atoms with van der Waals surface area (Å²) in [4.78, 5) is 29.9. The van der Waals surface area contributed by atoms with E-state index >= 15 is 0 Å². The SMILES string of the molecule is CCNS(=O)(=O)c1cc2c[c]c(=O)n(P(=O)(O)O)c2cc1Cl. The molecule has 3 N–H and O–H groups in total. The molecule has 0 atom stereocenters. The van der Waals surface area contributed by atoms with Crippen LogP contribution < -0.4 is 10.3 Å². The van der Waals surface area contributed by atoms with Crippen molar-refractivity contribution in [2.24, 2.45) is 0 Å². The first kappa shape index (κ1) is 17.1. The molecule has 0 bridgehead atoms. The van der Waals surface area contributed by atoms with Crippen LogP contribution in [0.2, 0.25) is 5.02 Å². The summed E-state index contributed by atoms with van der Waals surface area (Å²) >= 11 is 5.90. The van der Waals surface area contributed by atoms with Gasteiger partial charge < -0.3 is 9.79 Å². The minimum atomic E-state index is -4.94. The predicted octanol–water partition coefficient (Wildman–Crippen LogP) is 0.694. The molecule has 11 heteroatoms. The maximum Gasteiger partial charge on any atom is 0.437 e. The van der Waals surface area contributed by atoms with Crippen LogP contribution in [0.15, 0.2) is 27.9 Å². The van der Waals surface area contributed by atoms with E-state index in [0.717, 1.165) is 18.2 Å². The van der Waals surface area contributed by atoms with Crippen LogP contribution >= 0.6 is 19.3 Å². The van der Waals surface area contributed by atoms with Crippen molar-refractivity contribution in [1.82, 2.24) is 9.06 Å². The van der Waals surface area contributed by atoms with Gasteiger partial charge in [0.25, 0.3) is 5.56 Å². The van der Waals surface area contributed by atoms with Crippen LogP contribution in [0.25, 0.3) is 10.9 Å². The van der Waals surface area contributed by atoms with E-state index in [1.165, 1.54) is 0 Å². The molecule has 1 aromatic heterocycles. The molecule has 0 aliphatic rings. The summed E-state index contributed by atoms with van der Waals surface area (Å²) in [6.07, 6.45) is 0. The quantitative estimate of drug-likeness (QED) is 0.684. The Balaban J connectivity index is 2.87. The minimum absolute atomic E-state index is 0.101. The molecule has 1 aromatic carbocycles. The van der Waals surface area contributed by atoms with E-state index in [1.54, 1.807) is 6.92 Å². The van der Waals surface area contributed by atoms with Gasteiger partial charge in [-0.05, 0) is 18.2 Å². The standard InChI is InChI=1S/C11H11ClN2O6PS/c1-2-13-22(19,20)10-5-7-3-4-11(15)14(21(16,17)18)9(7)6-8(10)12/h3,5-6,13H,2H2,1H3,(H2,16,17,18). The van der Waals surface area contributed by atoms with Crippen LogP contribution in [0, 0.1) is 6.07 Å². The van der Waals surface area contributed by atoms with Gasteiger partial charge >= 0.3 is 7.75 Å². The molecule has 0 amide bonds. The van der Waals surface area contributed by atoms with E-state index in [-0.39, 0.29) is 31.7 Å². The normalized spacial score (nSPS) is 12.7. The second-order valence-corrected chi connectivity index (χ2v) is 7.83. The van der Waals surface area contributed by atoms with Crippen molar-refractivity contribution >= 4 is 40.3 Å². The summed E-state index contributed by atoms with van der Waals surface area (Å²) in [6, 6.07) is 5.43. The molecule has 1 radical (unpaired) electrons. The van der Waals surface area contributed by atoms with Gasteiger partial charge in [-0.3, -0.25) is 4.79 Å². The van der Waals surface area contributed by atoms with E-state index in [1.807, 2.05) is 0 Å². The summed E-state index contributed by atoms with van der Waals surface area (Å²) in [5, 5.41) is -0.162. The lowest BCUT2D eigenvalue weighted by atomic mass is 10.2. The molecule has 0 saturated carbocycles. The Bertz CT molecular complexity index is 949. The molecule has 0 aliphatic carbocycles. The number of hydrogen-bond acceptors (Lipinski definition) is 4. The van der Waals surface area contributed by atoms with Gasteiger partial charge in [0.1, 0.15) is 4.90 Å². The molecular formula is C11H11ClN2O6PS. The van der Waals surface area contributed by atoms with E-state index in [4.69, 9.17) is 11.6 Å². The monoisotopic (exact) mass is 365 g/mol. The highest BCUT2D eigenvalue weighted by Crippen LogP contribution is 2.39. The molecule has 119 valence electrons. The Labute approximate surface area is 130 Å². The maximum atomic E-state index is 12.0. The second kappa shape index (κ2) is 5.77. The molecule has 1 heterocycles. The van der Waals surface area contributed by atoms with Crippen molar-refractivity contribution in [3.8, 4) is 0 Å². The van der Waals surface area contributed by atoms with Crippen molar-refractivity contribution in [2.75, 3.05) is 6.54 Å². The van der Waals surface area contributed by atoms with Crippen LogP contribution in [-0.2, 0) is 14.6 Å². The van der Waals surface area contributed by atoms with Gasteiger partial charge in [0.2, 0.25) is 10.0 Å². The number of halogens is 1. The van der Waals surface area contributed by atoms with E-state index in [0.29, 0.717) is 0 Å². The van der Waals surface area contributed by atoms with Crippen LogP contribution in [0.1, 0.15) is 6.92 Å². The fourth-order valence-electron chi connectivity index (χ4n) is 1.90. The summed E-state index contributed by atoms with van der Waals surface area (Å²) in [5.41, 5.74) is -1.23. The van der Waals surface area contributed by atoms with Crippen LogP contribution in [0.5, 0.6) is 0 Å². The summed E-state index contributed by atoms with van der Waals surface area (Å²) in [7, 11) is -8.81. The van der Waals surface area contributed by atoms with Gasteiger partial charge in [-0.1, -0.05) is 18.5 Å².